The Morgan fingerprint density at radius 1 is 0.397 bits per heavy atom. The summed E-state index contributed by atoms with van der Waals surface area (Å²) in [6.07, 6.45) is 0. The second-order valence-electron chi connectivity index (χ2n) is 18.9. The molecule has 2 nitrogen and oxygen atoms in total. The highest BCUT2D eigenvalue weighted by atomic mass is 32.1. The summed E-state index contributed by atoms with van der Waals surface area (Å²) < 4.78 is 8.94. The van der Waals surface area contributed by atoms with Gasteiger partial charge < -0.3 is 9.32 Å². The zero-order valence-corrected chi connectivity index (χ0v) is 37.5. The van der Waals surface area contributed by atoms with Crippen molar-refractivity contribution in [2.45, 2.75) is 52.4 Å². The van der Waals surface area contributed by atoms with Gasteiger partial charge in [-0.25, -0.2) is 0 Å². The third-order valence-corrected chi connectivity index (χ3v) is 13.9. The molecule has 306 valence electrons. The third-order valence-electron chi connectivity index (χ3n) is 12.8. The first kappa shape index (κ1) is 38.9. The number of nitrogens with zero attached hydrogens (tertiary/aromatic N) is 1. The summed E-state index contributed by atoms with van der Waals surface area (Å²) >= 11 is 1.86. The lowest BCUT2D eigenvalue weighted by Crippen LogP contribution is -2.16. The maximum atomic E-state index is 6.39. The molecule has 0 aliphatic heterocycles. The molecular formula is C60H49NOS. The molecule has 0 saturated carbocycles. The molecule has 0 atom stereocenters. The Kier molecular flexibility index (Phi) is 9.19. The van der Waals surface area contributed by atoms with E-state index in [9.17, 15) is 0 Å². The van der Waals surface area contributed by atoms with Crippen LogP contribution in [0.4, 0.5) is 17.1 Å². The van der Waals surface area contributed by atoms with E-state index in [0.717, 1.165) is 50.1 Å². The van der Waals surface area contributed by atoms with Gasteiger partial charge in [0.2, 0.25) is 0 Å². The molecule has 0 unspecified atom stereocenters. The standard InChI is InChI=1S/C60H49NOS/c1-59(2,3)41-34-40(35-42(37-41)60(4,5)6)45-25-14-18-38-19-15-27-47(56(38)45)46-22-7-10-28-50(46)61(51-29-17-33-55-58(51)49-24-9-12-32-54(49)63-55)43-21-13-20-39(36-43)44-26-16-31-53-57(44)48-23-8-11-30-52(48)62-53/h7-37H,1-6H3. The van der Waals surface area contributed by atoms with Crippen molar-refractivity contribution in [2.24, 2.45) is 0 Å². The van der Waals surface area contributed by atoms with Crippen LogP contribution >= 0.6 is 11.3 Å². The Hall–Kier alpha value is -6.94. The summed E-state index contributed by atoms with van der Waals surface area (Å²) in [6.45, 7) is 13.9. The number of para-hydroxylation sites is 2. The monoisotopic (exact) mass is 831 g/mol. The van der Waals surface area contributed by atoms with E-state index < -0.39 is 0 Å². The lowest BCUT2D eigenvalue weighted by atomic mass is 9.78. The average Bonchev–Trinajstić information content (AvgIpc) is 3.87. The molecule has 0 N–H and O–H groups in total. The molecule has 0 saturated heterocycles. The zero-order chi connectivity index (χ0) is 43.0. The Morgan fingerprint density at radius 3 is 1.75 bits per heavy atom. The zero-order valence-electron chi connectivity index (χ0n) is 36.7. The fraction of sp³-hybridized carbons (Fsp3) is 0.133. The Morgan fingerprint density at radius 2 is 0.968 bits per heavy atom. The lowest BCUT2D eigenvalue weighted by molar-refractivity contribution is 0.569. The van der Waals surface area contributed by atoms with Gasteiger partial charge in [-0.2, -0.15) is 0 Å². The van der Waals surface area contributed by atoms with Crippen molar-refractivity contribution in [2.75, 3.05) is 4.90 Å². The molecule has 0 radical (unpaired) electrons. The minimum Gasteiger partial charge on any atom is -0.456 e. The topological polar surface area (TPSA) is 16.4 Å². The summed E-state index contributed by atoms with van der Waals surface area (Å²) in [5.74, 6) is 0. The van der Waals surface area contributed by atoms with Crippen LogP contribution in [0.15, 0.2) is 192 Å². The van der Waals surface area contributed by atoms with E-state index in [-0.39, 0.29) is 10.8 Å². The van der Waals surface area contributed by atoms with Crippen LogP contribution in [0.25, 0.3) is 86.3 Å². The molecule has 0 fully saturated rings. The van der Waals surface area contributed by atoms with Crippen molar-refractivity contribution in [3.8, 4) is 33.4 Å². The Bertz CT molecular complexity index is 3520. The average molecular weight is 832 g/mol. The van der Waals surface area contributed by atoms with Crippen molar-refractivity contribution < 1.29 is 4.42 Å². The van der Waals surface area contributed by atoms with Gasteiger partial charge in [0, 0.05) is 42.2 Å². The summed E-state index contributed by atoms with van der Waals surface area (Å²) in [7, 11) is 0. The van der Waals surface area contributed by atoms with Crippen molar-refractivity contribution in [1.29, 1.82) is 0 Å². The Labute approximate surface area is 373 Å². The largest absolute Gasteiger partial charge is 0.456 e. The minimum absolute atomic E-state index is 0.00581. The number of rotatable bonds is 6. The number of fused-ring (bicyclic) bond motifs is 7. The first-order valence-corrected chi connectivity index (χ1v) is 22.8. The number of thiophene rings is 1. The quantitative estimate of drug-likeness (QED) is 0.166. The van der Waals surface area contributed by atoms with Gasteiger partial charge in [-0.1, -0.05) is 181 Å². The first-order valence-electron chi connectivity index (χ1n) is 22.0. The van der Waals surface area contributed by atoms with E-state index in [4.69, 9.17) is 4.42 Å². The van der Waals surface area contributed by atoms with Gasteiger partial charge in [0.25, 0.3) is 0 Å². The van der Waals surface area contributed by atoms with Gasteiger partial charge in [-0.15, -0.1) is 11.3 Å². The van der Waals surface area contributed by atoms with Crippen LogP contribution in [0.5, 0.6) is 0 Å². The van der Waals surface area contributed by atoms with Crippen molar-refractivity contribution in [3.63, 3.8) is 0 Å². The minimum atomic E-state index is -0.00581. The molecule has 0 aliphatic rings. The molecule has 11 aromatic rings. The van der Waals surface area contributed by atoms with E-state index in [1.165, 1.54) is 64.3 Å². The SMILES string of the molecule is CC(C)(C)c1cc(-c2cccc3cccc(-c4ccccc4N(c4cccc(-c5cccc6oc7ccccc7c56)c4)c4cccc5sc6ccccc6c45)c23)cc(C(C)(C)C)c1. The highest BCUT2D eigenvalue weighted by molar-refractivity contribution is 7.26. The molecule has 3 heteroatoms. The van der Waals surface area contributed by atoms with Crippen LogP contribution in [0.2, 0.25) is 0 Å². The summed E-state index contributed by atoms with van der Waals surface area (Å²) in [5.41, 5.74) is 15.0. The number of hydrogen-bond donors (Lipinski definition) is 0. The van der Waals surface area contributed by atoms with Crippen LogP contribution < -0.4 is 4.90 Å². The number of hydrogen-bond acceptors (Lipinski definition) is 3. The normalized spacial score (nSPS) is 12.3. The molecule has 63 heavy (non-hydrogen) atoms. The van der Waals surface area contributed by atoms with E-state index in [1.54, 1.807) is 0 Å². The van der Waals surface area contributed by atoms with Crippen LogP contribution in [0.1, 0.15) is 52.7 Å². The van der Waals surface area contributed by atoms with Crippen LogP contribution in [0.3, 0.4) is 0 Å². The first-order chi connectivity index (χ1) is 30.5. The summed E-state index contributed by atoms with van der Waals surface area (Å²) in [4.78, 5) is 2.51. The van der Waals surface area contributed by atoms with Gasteiger partial charge in [0.1, 0.15) is 11.2 Å². The van der Waals surface area contributed by atoms with Gasteiger partial charge in [0.05, 0.1) is 11.4 Å². The van der Waals surface area contributed by atoms with E-state index in [1.807, 2.05) is 17.4 Å². The molecule has 2 aromatic heterocycles. The van der Waals surface area contributed by atoms with Gasteiger partial charge in [-0.05, 0) is 109 Å². The molecule has 0 aliphatic carbocycles. The molecule has 2 heterocycles. The molecule has 0 amide bonds. The highest BCUT2D eigenvalue weighted by Gasteiger charge is 2.25. The Balaban J connectivity index is 1.18. The van der Waals surface area contributed by atoms with Gasteiger partial charge >= 0.3 is 0 Å². The molecular weight excluding hydrogens is 783 g/mol. The number of anilines is 3. The number of furan rings is 1. The second kappa shape index (κ2) is 14.9. The summed E-state index contributed by atoms with van der Waals surface area (Å²) in [5, 5.41) is 7.26. The van der Waals surface area contributed by atoms with Gasteiger partial charge in [-0.3, -0.25) is 0 Å². The van der Waals surface area contributed by atoms with Crippen LogP contribution in [-0.2, 0) is 10.8 Å². The van der Waals surface area contributed by atoms with E-state index in [2.05, 4.69) is 228 Å². The molecule has 0 bridgehead atoms. The molecule has 0 spiro atoms. The van der Waals surface area contributed by atoms with Crippen LogP contribution in [0, 0.1) is 0 Å². The van der Waals surface area contributed by atoms with Crippen molar-refractivity contribution >= 4 is 81.3 Å². The maximum Gasteiger partial charge on any atom is 0.136 e. The lowest BCUT2D eigenvalue weighted by Gasteiger charge is -2.30. The number of benzene rings is 9. The predicted octanol–water partition coefficient (Wildman–Crippen LogP) is 18.2. The second-order valence-corrected chi connectivity index (χ2v) is 20.0. The predicted molar refractivity (Wildman–Crippen MR) is 273 cm³/mol. The van der Waals surface area contributed by atoms with E-state index in [0.29, 0.717) is 0 Å². The third kappa shape index (κ3) is 6.70. The molecule has 11 rings (SSSR count). The highest BCUT2D eigenvalue weighted by Crippen LogP contribution is 2.50. The van der Waals surface area contributed by atoms with E-state index >= 15 is 0 Å². The van der Waals surface area contributed by atoms with Crippen LogP contribution in [-0.4, -0.2) is 0 Å². The smallest absolute Gasteiger partial charge is 0.136 e. The van der Waals surface area contributed by atoms with Crippen molar-refractivity contribution in [3.05, 3.63) is 199 Å². The molecule has 9 aromatic carbocycles. The van der Waals surface area contributed by atoms with Crippen molar-refractivity contribution in [1.82, 2.24) is 0 Å². The summed E-state index contributed by atoms with van der Waals surface area (Å²) in [6, 6.07) is 69.4. The fourth-order valence-corrected chi connectivity index (χ4v) is 10.7. The maximum absolute atomic E-state index is 6.39. The van der Waals surface area contributed by atoms with Gasteiger partial charge in [0.15, 0.2) is 0 Å². The fourth-order valence-electron chi connectivity index (χ4n) is 9.53.